The summed E-state index contributed by atoms with van der Waals surface area (Å²) in [6, 6.07) is 79.0. The minimum atomic E-state index is -0.618. The van der Waals surface area contributed by atoms with Crippen LogP contribution in [0.3, 0.4) is 0 Å². The van der Waals surface area contributed by atoms with E-state index in [0.29, 0.717) is 0 Å². The molecule has 2 aliphatic rings. The average Bonchev–Trinajstić information content (AvgIpc) is 3.92. The van der Waals surface area contributed by atoms with Crippen LogP contribution in [-0.2, 0) is 5.41 Å². The number of hydrogen-bond donors (Lipinski definition) is 0. The zero-order valence-electron chi connectivity index (χ0n) is 31.6. The van der Waals surface area contributed by atoms with Crippen LogP contribution in [0.5, 0.6) is 0 Å². The highest BCUT2D eigenvalue weighted by Crippen LogP contribution is 2.66. The zero-order valence-corrected chi connectivity index (χ0v) is 31.6. The third-order valence-electron chi connectivity index (χ3n) is 12.2. The Kier molecular flexibility index (Phi) is 7.14. The molecule has 0 radical (unpaired) electrons. The summed E-state index contributed by atoms with van der Waals surface area (Å²) in [6.45, 7) is 0. The van der Waals surface area contributed by atoms with Crippen molar-refractivity contribution in [3.8, 4) is 22.3 Å². The summed E-state index contributed by atoms with van der Waals surface area (Å²) in [5.41, 5.74) is 17.7. The third kappa shape index (κ3) is 4.56. The van der Waals surface area contributed by atoms with Gasteiger partial charge in [-0.15, -0.1) is 0 Å². The van der Waals surface area contributed by atoms with Crippen molar-refractivity contribution in [3.63, 3.8) is 0 Å². The van der Waals surface area contributed by atoms with Crippen LogP contribution in [0.25, 0.3) is 44.2 Å². The van der Waals surface area contributed by atoms with Gasteiger partial charge in [0.2, 0.25) is 0 Å². The molecule has 272 valence electrons. The lowest BCUT2D eigenvalue weighted by Gasteiger charge is -2.33. The van der Waals surface area contributed by atoms with E-state index in [9.17, 15) is 0 Å². The topological polar surface area (TPSA) is 19.6 Å². The molecule has 0 saturated carbocycles. The molecule has 3 nitrogen and oxygen atoms in total. The second kappa shape index (κ2) is 12.7. The van der Waals surface area contributed by atoms with Gasteiger partial charge in [-0.1, -0.05) is 146 Å². The Labute approximate surface area is 337 Å². The van der Waals surface area contributed by atoms with Crippen LogP contribution in [-0.4, -0.2) is 0 Å². The normalized spacial score (nSPS) is 13.0. The summed E-state index contributed by atoms with van der Waals surface area (Å²) in [5.74, 6) is 0. The molecule has 58 heavy (non-hydrogen) atoms. The molecule has 0 bridgehead atoms. The minimum Gasteiger partial charge on any atom is -0.454 e. The van der Waals surface area contributed by atoms with Crippen LogP contribution >= 0.6 is 0 Å². The van der Waals surface area contributed by atoms with Crippen LogP contribution in [0.4, 0.5) is 34.1 Å². The number of benzene rings is 9. The predicted molar refractivity (Wildman–Crippen MR) is 239 cm³/mol. The number of para-hydroxylation sites is 5. The monoisotopic (exact) mass is 740 g/mol. The standard InChI is InChI=1S/C55H36N2O/c1-5-19-37(20-6-1)56(38-21-7-2-8-22-38)41-33-34-44-48(35-41)55(46-30-16-13-27-42(46)43-28-14-17-31-47(43)55)49-36-50(54-53(52(44)49)45-29-15-18-32-51(45)58-54)57(39-23-9-3-10-24-39)40-25-11-4-12-26-40/h1-36H. The van der Waals surface area contributed by atoms with E-state index in [2.05, 4.69) is 228 Å². The fourth-order valence-corrected chi connectivity index (χ4v) is 9.97. The van der Waals surface area contributed by atoms with Gasteiger partial charge in [-0.05, 0) is 117 Å². The minimum absolute atomic E-state index is 0.618. The van der Waals surface area contributed by atoms with Gasteiger partial charge in [0.1, 0.15) is 5.58 Å². The van der Waals surface area contributed by atoms with E-state index < -0.39 is 5.41 Å². The van der Waals surface area contributed by atoms with Gasteiger partial charge in [-0.3, -0.25) is 0 Å². The summed E-state index contributed by atoms with van der Waals surface area (Å²) < 4.78 is 7.07. The molecule has 0 saturated heterocycles. The van der Waals surface area contributed by atoms with E-state index in [1.807, 2.05) is 0 Å². The maximum atomic E-state index is 7.07. The van der Waals surface area contributed by atoms with E-state index in [4.69, 9.17) is 4.42 Å². The highest BCUT2D eigenvalue weighted by molar-refractivity contribution is 6.20. The number of fused-ring (bicyclic) bond motifs is 14. The molecule has 9 aromatic carbocycles. The van der Waals surface area contributed by atoms with E-state index in [-0.39, 0.29) is 0 Å². The Morgan fingerprint density at radius 3 is 1.40 bits per heavy atom. The van der Waals surface area contributed by atoms with Gasteiger partial charge in [0.15, 0.2) is 5.58 Å². The van der Waals surface area contributed by atoms with Gasteiger partial charge in [-0.25, -0.2) is 0 Å². The van der Waals surface area contributed by atoms with Crippen molar-refractivity contribution in [3.05, 3.63) is 241 Å². The Bertz CT molecular complexity index is 3050. The number of rotatable bonds is 6. The Balaban J connectivity index is 1.25. The first kappa shape index (κ1) is 32.6. The van der Waals surface area contributed by atoms with Crippen molar-refractivity contribution in [2.45, 2.75) is 5.41 Å². The lowest BCUT2D eigenvalue weighted by atomic mass is 9.70. The van der Waals surface area contributed by atoms with Crippen molar-refractivity contribution < 1.29 is 4.42 Å². The van der Waals surface area contributed by atoms with Crippen LogP contribution in [0.2, 0.25) is 0 Å². The molecule has 1 aromatic heterocycles. The molecule has 0 aliphatic heterocycles. The Hall–Kier alpha value is -7.62. The number of anilines is 6. The zero-order chi connectivity index (χ0) is 38.2. The van der Waals surface area contributed by atoms with E-state index in [1.165, 1.54) is 44.5 Å². The molecule has 0 unspecified atom stereocenters. The number of nitrogens with zero attached hydrogens (tertiary/aromatic N) is 2. The highest BCUT2D eigenvalue weighted by Gasteiger charge is 2.53. The maximum absolute atomic E-state index is 7.07. The fourth-order valence-electron chi connectivity index (χ4n) is 9.97. The van der Waals surface area contributed by atoms with Crippen molar-refractivity contribution in [1.29, 1.82) is 0 Å². The molecule has 3 heteroatoms. The fraction of sp³-hybridized carbons (Fsp3) is 0.0182. The lowest BCUT2D eigenvalue weighted by Crippen LogP contribution is -2.26. The molecule has 0 atom stereocenters. The summed E-state index contributed by atoms with van der Waals surface area (Å²) in [6.07, 6.45) is 0. The number of furan rings is 1. The van der Waals surface area contributed by atoms with Gasteiger partial charge >= 0.3 is 0 Å². The lowest BCUT2D eigenvalue weighted by molar-refractivity contribution is 0.668. The van der Waals surface area contributed by atoms with E-state index in [1.54, 1.807) is 0 Å². The molecule has 12 rings (SSSR count). The number of hydrogen-bond acceptors (Lipinski definition) is 3. The largest absolute Gasteiger partial charge is 0.454 e. The van der Waals surface area contributed by atoms with Crippen LogP contribution < -0.4 is 9.80 Å². The van der Waals surface area contributed by atoms with E-state index >= 15 is 0 Å². The van der Waals surface area contributed by atoms with Gasteiger partial charge in [0, 0.05) is 39.2 Å². The van der Waals surface area contributed by atoms with Crippen molar-refractivity contribution in [2.24, 2.45) is 0 Å². The highest BCUT2D eigenvalue weighted by atomic mass is 16.3. The van der Waals surface area contributed by atoms with Crippen LogP contribution in [0.15, 0.2) is 223 Å². The second-order valence-corrected chi connectivity index (χ2v) is 15.2. The molecule has 1 spiro atoms. The van der Waals surface area contributed by atoms with E-state index in [0.717, 1.165) is 56.1 Å². The second-order valence-electron chi connectivity index (χ2n) is 15.2. The molecule has 0 fully saturated rings. The Morgan fingerprint density at radius 2 is 0.828 bits per heavy atom. The SMILES string of the molecule is c1ccc(N(c2ccccc2)c2ccc3c(c2)C2(c4ccccc4-c4ccccc42)c2cc(N(c4ccccc4)c4ccccc4)c4oc5ccccc5c4c2-3)cc1. The van der Waals surface area contributed by atoms with Crippen molar-refractivity contribution in [1.82, 2.24) is 0 Å². The van der Waals surface area contributed by atoms with Gasteiger partial charge in [0.05, 0.1) is 11.1 Å². The van der Waals surface area contributed by atoms with Crippen molar-refractivity contribution >= 4 is 56.1 Å². The van der Waals surface area contributed by atoms with Crippen LogP contribution in [0.1, 0.15) is 22.3 Å². The van der Waals surface area contributed by atoms with Crippen LogP contribution in [0, 0.1) is 0 Å². The first-order valence-electron chi connectivity index (χ1n) is 19.9. The molecular formula is C55H36N2O. The summed E-state index contributed by atoms with van der Waals surface area (Å²) in [4.78, 5) is 4.75. The molecule has 0 amide bonds. The van der Waals surface area contributed by atoms with Gasteiger partial charge in [-0.2, -0.15) is 0 Å². The quantitative estimate of drug-likeness (QED) is 0.169. The van der Waals surface area contributed by atoms with Gasteiger partial charge < -0.3 is 14.2 Å². The first-order chi connectivity index (χ1) is 28.8. The summed E-state index contributed by atoms with van der Waals surface area (Å²) in [5, 5.41) is 2.24. The summed E-state index contributed by atoms with van der Waals surface area (Å²) in [7, 11) is 0. The molecule has 10 aromatic rings. The molecule has 1 heterocycles. The molecule has 0 N–H and O–H groups in total. The summed E-state index contributed by atoms with van der Waals surface area (Å²) >= 11 is 0. The maximum Gasteiger partial charge on any atom is 0.160 e. The van der Waals surface area contributed by atoms with Gasteiger partial charge in [0.25, 0.3) is 0 Å². The molecule has 2 aliphatic carbocycles. The average molecular weight is 741 g/mol. The molecular weight excluding hydrogens is 705 g/mol. The smallest absolute Gasteiger partial charge is 0.160 e. The third-order valence-corrected chi connectivity index (χ3v) is 12.2. The first-order valence-corrected chi connectivity index (χ1v) is 19.9. The predicted octanol–water partition coefficient (Wildman–Crippen LogP) is 14.9. The van der Waals surface area contributed by atoms with Crippen molar-refractivity contribution in [2.75, 3.05) is 9.80 Å². The Morgan fingerprint density at radius 1 is 0.345 bits per heavy atom.